The number of piperidine rings is 1. The van der Waals surface area contributed by atoms with Crippen molar-refractivity contribution in [3.8, 4) is 11.1 Å². The van der Waals surface area contributed by atoms with Gasteiger partial charge in [0, 0.05) is 42.5 Å². The number of carbonyl (C=O) groups excluding carboxylic acids is 2. The normalized spacial score (nSPS) is 18.2. The smallest absolute Gasteiger partial charge is 0.251 e. The fourth-order valence-corrected chi connectivity index (χ4v) is 3.46. The summed E-state index contributed by atoms with van der Waals surface area (Å²) in [6.07, 6.45) is 7.51. The van der Waals surface area contributed by atoms with Crippen molar-refractivity contribution < 1.29 is 9.59 Å². The van der Waals surface area contributed by atoms with E-state index in [9.17, 15) is 9.59 Å². The summed E-state index contributed by atoms with van der Waals surface area (Å²) >= 11 is 0. The molecule has 2 aliphatic rings. The first kappa shape index (κ1) is 17.7. The van der Waals surface area contributed by atoms with Gasteiger partial charge in [0.15, 0.2) is 0 Å². The number of H-pyrrole nitrogens is 1. The number of likely N-dealkylation sites (tertiary alicyclic amines) is 1. The monoisotopic (exact) mass is 367 g/mol. The molecule has 3 N–H and O–H groups in total. The van der Waals surface area contributed by atoms with Crippen LogP contribution >= 0.6 is 0 Å². The van der Waals surface area contributed by atoms with Crippen LogP contribution in [0.15, 0.2) is 36.7 Å². The minimum atomic E-state index is -0.0507. The highest BCUT2D eigenvalue weighted by molar-refractivity contribution is 5.95. The molecule has 1 saturated carbocycles. The molecule has 0 atom stereocenters. The fourth-order valence-electron chi connectivity index (χ4n) is 3.46. The van der Waals surface area contributed by atoms with Crippen LogP contribution in [0.3, 0.4) is 0 Å². The highest BCUT2D eigenvalue weighted by Gasteiger charge is 2.26. The Labute approximate surface area is 158 Å². The number of nitrogens with one attached hydrogen (secondary N) is 3. The molecule has 1 aromatic heterocycles. The van der Waals surface area contributed by atoms with Crippen LogP contribution in [0.1, 0.15) is 36.0 Å². The van der Waals surface area contributed by atoms with Crippen LogP contribution in [0.4, 0.5) is 0 Å². The Morgan fingerprint density at radius 1 is 1.07 bits per heavy atom. The number of benzene rings is 1. The van der Waals surface area contributed by atoms with Gasteiger partial charge in [-0.15, -0.1) is 0 Å². The van der Waals surface area contributed by atoms with Crippen molar-refractivity contribution in [2.75, 3.05) is 19.6 Å². The summed E-state index contributed by atoms with van der Waals surface area (Å²) in [6.45, 7) is 2.13. The van der Waals surface area contributed by atoms with E-state index in [1.807, 2.05) is 30.5 Å². The van der Waals surface area contributed by atoms with Gasteiger partial charge in [-0.1, -0.05) is 12.1 Å². The SMILES string of the molecule is O=C(CN1CCC(NC(=O)c2cccc(-c3cn[nH]c3)c2)CC1)NC1CC1. The number of aromatic nitrogens is 2. The second-order valence-electron chi connectivity index (χ2n) is 7.43. The van der Waals surface area contributed by atoms with Crippen molar-refractivity contribution in [1.29, 1.82) is 0 Å². The molecule has 7 nitrogen and oxygen atoms in total. The van der Waals surface area contributed by atoms with Crippen LogP contribution in [-0.2, 0) is 4.79 Å². The van der Waals surface area contributed by atoms with Crippen molar-refractivity contribution in [2.24, 2.45) is 0 Å². The van der Waals surface area contributed by atoms with Crippen molar-refractivity contribution in [1.82, 2.24) is 25.7 Å². The lowest BCUT2D eigenvalue weighted by molar-refractivity contribution is -0.122. The number of hydrogen-bond donors (Lipinski definition) is 3. The molecule has 1 saturated heterocycles. The molecule has 1 aliphatic carbocycles. The Morgan fingerprint density at radius 3 is 2.56 bits per heavy atom. The van der Waals surface area contributed by atoms with E-state index in [-0.39, 0.29) is 17.9 Å². The summed E-state index contributed by atoms with van der Waals surface area (Å²) in [7, 11) is 0. The minimum absolute atomic E-state index is 0.0507. The Morgan fingerprint density at radius 2 is 1.85 bits per heavy atom. The third-order valence-electron chi connectivity index (χ3n) is 5.19. The Bertz CT molecular complexity index is 792. The zero-order chi connectivity index (χ0) is 18.6. The molecule has 2 amide bonds. The van der Waals surface area contributed by atoms with Gasteiger partial charge >= 0.3 is 0 Å². The van der Waals surface area contributed by atoms with Crippen LogP contribution < -0.4 is 10.6 Å². The van der Waals surface area contributed by atoms with E-state index in [2.05, 4.69) is 25.7 Å². The molecule has 2 aromatic rings. The maximum absolute atomic E-state index is 12.6. The number of hydrogen-bond acceptors (Lipinski definition) is 4. The van der Waals surface area contributed by atoms with Crippen LogP contribution in [0.5, 0.6) is 0 Å². The van der Waals surface area contributed by atoms with Gasteiger partial charge in [0.25, 0.3) is 5.91 Å². The standard InChI is InChI=1S/C20H25N5O2/c26-19(23-17-4-5-17)13-25-8-6-18(7-9-25)24-20(27)15-3-1-2-14(10-15)16-11-21-22-12-16/h1-3,10-12,17-18H,4-9,13H2,(H,21,22)(H,23,26)(H,24,27). The first-order valence-corrected chi connectivity index (χ1v) is 9.59. The van der Waals surface area contributed by atoms with Crippen LogP contribution in [-0.4, -0.2) is 58.6 Å². The number of nitrogens with zero attached hydrogens (tertiary/aromatic N) is 2. The highest BCUT2D eigenvalue weighted by Crippen LogP contribution is 2.20. The third kappa shape index (κ3) is 4.74. The summed E-state index contributed by atoms with van der Waals surface area (Å²) < 4.78 is 0. The van der Waals surface area contributed by atoms with Crippen LogP contribution in [0.25, 0.3) is 11.1 Å². The van der Waals surface area contributed by atoms with Crippen molar-refractivity contribution >= 4 is 11.8 Å². The summed E-state index contributed by atoms with van der Waals surface area (Å²) in [5.74, 6) is 0.0707. The highest BCUT2D eigenvalue weighted by atomic mass is 16.2. The quantitative estimate of drug-likeness (QED) is 0.723. The average Bonchev–Trinajstić information content (AvgIpc) is 3.31. The fraction of sp³-hybridized carbons (Fsp3) is 0.450. The first-order valence-electron chi connectivity index (χ1n) is 9.59. The molecule has 1 aromatic carbocycles. The predicted octanol–water partition coefficient (Wildman–Crippen LogP) is 1.55. The maximum atomic E-state index is 12.6. The predicted molar refractivity (Wildman–Crippen MR) is 102 cm³/mol. The van der Waals surface area contributed by atoms with E-state index in [1.54, 1.807) is 6.20 Å². The van der Waals surface area contributed by atoms with E-state index < -0.39 is 0 Å². The van der Waals surface area contributed by atoms with Gasteiger partial charge in [0.2, 0.25) is 5.91 Å². The molecule has 0 bridgehead atoms. The molecule has 4 rings (SSSR count). The van der Waals surface area contributed by atoms with Gasteiger partial charge in [0.1, 0.15) is 0 Å². The number of amides is 2. The Hall–Kier alpha value is -2.67. The largest absolute Gasteiger partial charge is 0.352 e. The number of carbonyl (C=O) groups is 2. The number of aromatic amines is 1. The van der Waals surface area contributed by atoms with E-state index >= 15 is 0 Å². The molecule has 7 heteroatoms. The molecule has 2 heterocycles. The lowest BCUT2D eigenvalue weighted by atomic mass is 10.0. The van der Waals surface area contributed by atoms with Gasteiger partial charge < -0.3 is 10.6 Å². The molecule has 142 valence electrons. The van der Waals surface area contributed by atoms with Crippen LogP contribution in [0, 0.1) is 0 Å². The van der Waals surface area contributed by atoms with Gasteiger partial charge in [-0.05, 0) is 43.4 Å². The molecule has 27 heavy (non-hydrogen) atoms. The molecule has 2 fully saturated rings. The zero-order valence-corrected chi connectivity index (χ0v) is 15.3. The van der Waals surface area contributed by atoms with Gasteiger partial charge in [-0.2, -0.15) is 5.10 Å². The summed E-state index contributed by atoms with van der Waals surface area (Å²) in [6, 6.07) is 8.13. The molecule has 1 aliphatic heterocycles. The maximum Gasteiger partial charge on any atom is 0.251 e. The molecule has 0 spiro atoms. The van der Waals surface area contributed by atoms with Crippen molar-refractivity contribution in [3.05, 3.63) is 42.2 Å². The second kappa shape index (κ2) is 7.92. The average molecular weight is 367 g/mol. The molecular weight excluding hydrogens is 342 g/mol. The third-order valence-corrected chi connectivity index (χ3v) is 5.19. The van der Waals surface area contributed by atoms with Gasteiger partial charge in [-0.3, -0.25) is 19.6 Å². The van der Waals surface area contributed by atoms with E-state index in [0.29, 0.717) is 18.2 Å². The number of rotatable bonds is 6. The second-order valence-corrected chi connectivity index (χ2v) is 7.43. The lowest BCUT2D eigenvalue weighted by Gasteiger charge is -2.31. The minimum Gasteiger partial charge on any atom is -0.352 e. The Kier molecular flexibility index (Phi) is 5.20. The molecule has 0 radical (unpaired) electrons. The van der Waals surface area contributed by atoms with Gasteiger partial charge in [0.05, 0.1) is 12.7 Å². The van der Waals surface area contributed by atoms with Crippen molar-refractivity contribution in [2.45, 2.75) is 37.8 Å². The topological polar surface area (TPSA) is 90.1 Å². The van der Waals surface area contributed by atoms with Crippen LogP contribution in [0.2, 0.25) is 0 Å². The summed E-state index contributed by atoms with van der Waals surface area (Å²) in [5.41, 5.74) is 2.58. The summed E-state index contributed by atoms with van der Waals surface area (Å²) in [4.78, 5) is 26.7. The lowest BCUT2D eigenvalue weighted by Crippen LogP contribution is -2.47. The Balaban J connectivity index is 1.27. The summed E-state index contributed by atoms with van der Waals surface area (Å²) in [5, 5.41) is 12.9. The van der Waals surface area contributed by atoms with E-state index in [4.69, 9.17) is 0 Å². The zero-order valence-electron chi connectivity index (χ0n) is 15.3. The van der Waals surface area contributed by atoms with E-state index in [0.717, 1.165) is 49.9 Å². The van der Waals surface area contributed by atoms with Gasteiger partial charge in [-0.25, -0.2) is 0 Å². The van der Waals surface area contributed by atoms with Crippen molar-refractivity contribution in [3.63, 3.8) is 0 Å². The molecular formula is C20H25N5O2. The molecule has 0 unspecified atom stereocenters. The van der Waals surface area contributed by atoms with E-state index in [1.165, 1.54) is 0 Å². The first-order chi connectivity index (χ1) is 13.2.